The minimum absolute atomic E-state index is 0.0129. The van der Waals surface area contributed by atoms with E-state index in [0.29, 0.717) is 28.2 Å². The van der Waals surface area contributed by atoms with E-state index in [2.05, 4.69) is 10.2 Å². The summed E-state index contributed by atoms with van der Waals surface area (Å²) < 4.78 is 13.6. The van der Waals surface area contributed by atoms with E-state index in [0.717, 1.165) is 5.56 Å². The molecule has 0 saturated carbocycles. The molecule has 0 bridgehead atoms. The third-order valence-electron chi connectivity index (χ3n) is 5.38. The number of H-pyrrole nitrogens is 1. The average molecular weight is 412 g/mol. The van der Waals surface area contributed by atoms with E-state index < -0.39 is 12.0 Å². The number of aromatic nitrogens is 2. The first-order chi connectivity index (χ1) is 15.0. The summed E-state index contributed by atoms with van der Waals surface area (Å²) >= 11 is 0. The van der Waals surface area contributed by atoms with Crippen LogP contribution in [0.1, 0.15) is 38.0 Å². The predicted octanol–water partition coefficient (Wildman–Crippen LogP) is 3.33. The molecule has 2 heterocycles. The van der Waals surface area contributed by atoms with Gasteiger partial charge in [0.15, 0.2) is 0 Å². The third kappa shape index (κ3) is 3.07. The van der Waals surface area contributed by atoms with Crippen LogP contribution in [-0.2, 0) is 0 Å². The molecule has 1 aromatic heterocycles. The van der Waals surface area contributed by atoms with Crippen LogP contribution in [0, 0.1) is 5.82 Å². The van der Waals surface area contributed by atoms with Crippen molar-refractivity contribution >= 4 is 17.6 Å². The summed E-state index contributed by atoms with van der Waals surface area (Å²) in [6.07, 6.45) is 0. The zero-order chi connectivity index (χ0) is 21.5. The molecule has 7 heteroatoms. The first kappa shape index (κ1) is 18.7. The number of amides is 1. The SMILES string of the molecule is O=C([O-])c1ccc(N2C(=O)c3[nH]nc(-c4ccccc4)c3C2c2ccc(F)cc2)cc1. The zero-order valence-corrected chi connectivity index (χ0v) is 16.1. The van der Waals surface area contributed by atoms with E-state index in [1.165, 1.54) is 24.3 Å². The summed E-state index contributed by atoms with van der Waals surface area (Å²) in [5.41, 5.74) is 3.73. The summed E-state index contributed by atoms with van der Waals surface area (Å²) in [6.45, 7) is 0. The lowest BCUT2D eigenvalue weighted by Crippen LogP contribution is -2.29. The molecule has 0 saturated heterocycles. The van der Waals surface area contributed by atoms with Crippen molar-refractivity contribution in [1.82, 2.24) is 10.2 Å². The molecule has 1 aliphatic heterocycles. The van der Waals surface area contributed by atoms with Gasteiger partial charge in [0.2, 0.25) is 0 Å². The van der Waals surface area contributed by atoms with Crippen molar-refractivity contribution in [1.29, 1.82) is 0 Å². The molecular weight excluding hydrogens is 397 g/mol. The Bertz CT molecular complexity index is 1280. The second-order valence-electron chi connectivity index (χ2n) is 7.19. The molecule has 1 N–H and O–H groups in total. The number of halogens is 1. The molecule has 0 spiro atoms. The van der Waals surface area contributed by atoms with E-state index >= 15 is 0 Å². The number of aromatic carboxylic acids is 1. The van der Waals surface area contributed by atoms with E-state index in [-0.39, 0.29) is 17.3 Å². The van der Waals surface area contributed by atoms with Crippen LogP contribution < -0.4 is 10.0 Å². The van der Waals surface area contributed by atoms with E-state index in [9.17, 15) is 19.1 Å². The maximum Gasteiger partial charge on any atom is 0.277 e. The van der Waals surface area contributed by atoms with Gasteiger partial charge in [-0.2, -0.15) is 5.10 Å². The molecule has 0 aliphatic carbocycles. The Labute approximate surface area is 176 Å². The standard InChI is InChI=1S/C24H16FN3O3/c25-17-10-6-15(7-11-17)22-19-20(14-4-2-1-3-5-14)26-27-21(19)23(29)28(22)18-12-8-16(9-13-18)24(30)31/h1-13,22H,(H,26,27)(H,30,31)/p-1. The number of carbonyl (C=O) groups is 2. The molecule has 0 fully saturated rings. The van der Waals surface area contributed by atoms with E-state index in [1.807, 2.05) is 30.3 Å². The van der Waals surface area contributed by atoms with Gasteiger partial charge >= 0.3 is 0 Å². The minimum atomic E-state index is -1.30. The number of fused-ring (bicyclic) bond motifs is 1. The number of benzene rings is 3. The molecule has 4 aromatic rings. The molecule has 1 amide bonds. The highest BCUT2D eigenvalue weighted by Crippen LogP contribution is 2.44. The Morgan fingerprint density at radius 2 is 1.65 bits per heavy atom. The number of carbonyl (C=O) groups excluding carboxylic acids is 2. The smallest absolute Gasteiger partial charge is 0.277 e. The first-order valence-corrected chi connectivity index (χ1v) is 9.58. The Kier molecular flexibility index (Phi) is 4.36. The van der Waals surface area contributed by atoms with Gasteiger partial charge in [-0.15, -0.1) is 0 Å². The molecule has 6 nitrogen and oxygen atoms in total. The van der Waals surface area contributed by atoms with E-state index in [4.69, 9.17) is 0 Å². The first-order valence-electron chi connectivity index (χ1n) is 9.58. The number of hydrogen-bond donors (Lipinski definition) is 1. The number of rotatable bonds is 4. The maximum atomic E-state index is 13.6. The second-order valence-corrected chi connectivity index (χ2v) is 7.19. The van der Waals surface area contributed by atoms with Crippen LogP contribution in [0.3, 0.4) is 0 Å². The Morgan fingerprint density at radius 1 is 0.968 bits per heavy atom. The number of hydrogen-bond acceptors (Lipinski definition) is 4. The van der Waals surface area contributed by atoms with Gasteiger partial charge in [-0.05, 0) is 35.4 Å². The molecule has 0 radical (unpaired) electrons. The zero-order valence-electron chi connectivity index (χ0n) is 16.1. The van der Waals surface area contributed by atoms with Gasteiger partial charge in [-0.1, -0.05) is 54.6 Å². The normalized spacial score (nSPS) is 15.2. The van der Waals surface area contributed by atoms with Crippen LogP contribution in [0.25, 0.3) is 11.3 Å². The van der Waals surface area contributed by atoms with Gasteiger partial charge in [0.1, 0.15) is 11.5 Å². The highest BCUT2D eigenvalue weighted by atomic mass is 19.1. The lowest BCUT2D eigenvalue weighted by atomic mass is 9.96. The second kappa shape index (κ2) is 7.21. The van der Waals surface area contributed by atoms with Crippen LogP contribution in [0.15, 0.2) is 78.9 Å². The number of carboxylic acids is 1. The summed E-state index contributed by atoms with van der Waals surface area (Å²) in [4.78, 5) is 26.0. The fraction of sp³-hybridized carbons (Fsp3) is 0.0417. The minimum Gasteiger partial charge on any atom is -0.545 e. The largest absolute Gasteiger partial charge is 0.545 e. The van der Waals surface area contributed by atoms with Crippen LogP contribution >= 0.6 is 0 Å². The van der Waals surface area contributed by atoms with Crippen LogP contribution in [0.4, 0.5) is 10.1 Å². The van der Waals surface area contributed by atoms with Gasteiger partial charge in [0, 0.05) is 16.8 Å². The number of carboxylic acid groups (broad SMARTS) is 1. The van der Waals surface area contributed by atoms with Crippen molar-refractivity contribution in [3.8, 4) is 11.3 Å². The Balaban J connectivity index is 1.69. The average Bonchev–Trinajstić information content (AvgIpc) is 3.34. The van der Waals surface area contributed by atoms with Crippen LogP contribution in [-0.4, -0.2) is 22.1 Å². The predicted molar refractivity (Wildman–Crippen MR) is 110 cm³/mol. The molecule has 31 heavy (non-hydrogen) atoms. The van der Waals surface area contributed by atoms with Crippen molar-refractivity contribution in [2.24, 2.45) is 0 Å². The molecule has 1 atom stereocenters. The van der Waals surface area contributed by atoms with Crippen molar-refractivity contribution < 1.29 is 19.1 Å². The maximum absolute atomic E-state index is 13.6. The van der Waals surface area contributed by atoms with E-state index in [1.54, 1.807) is 29.2 Å². The number of aromatic amines is 1. The summed E-state index contributed by atoms with van der Waals surface area (Å²) in [5, 5.41) is 18.4. The Morgan fingerprint density at radius 3 is 2.29 bits per heavy atom. The summed E-state index contributed by atoms with van der Waals surface area (Å²) in [6, 6.07) is 20.8. The highest BCUT2D eigenvalue weighted by Gasteiger charge is 2.43. The molecule has 1 unspecified atom stereocenters. The summed E-state index contributed by atoms with van der Waals surface area (Å²) in [5.74, 6) is -1.98. The number of anilines is 1. The fourth-order valence-electron chi connectivity index (χ4n) is 3.95. The van der Waals surface area contributed by atoms with Crippen molar-refractivity contribution in [3.05, 3.63) is 107 Å². The van der Waals surface area contributed by atoms with Crippen molar-refractivity contribution in [3.63, 3.8) is 0 Å². The highest BCUT2D eigenvalue weighted by molar-refractivity contribution is 6.11. The number of nitrogens with zero attached hydrogens (tertiary/aromatic N) is 2. The number of nitrogens with one attached hydrogen (secondary N) is 1. The topological polar surface area (TPSA) is 89.1 Å². The monoisotopic (exact) mass is 412 g/mol. The Hall–Kier alpha value is -4.26. The lowest BCUT2D eigenvalue weighted by molar-refractivity contribution is -0.255. The molecule has 3 aromatic carbocycles. The van der Waals surface area contributed by atoms with Crippen LogP contribution in [0.5, 0.6) is 0 Å². The third-order valence-corrected chi connectivity index (χ3v) is 5.38. The summed E-state index contributed by atoms with van der Waals surface area (Å²) in [7, 11) is 0. The van der Waals surface area contributed by atoms with Gasteiger partial charge in [-0.25, -0.2) is 4.39 Å². The van der Waals surface area contributed by atoms with Crippen molar-refractivity contribution in [2.45, 2.75) is 6.04 Å². The quantitative estimate of drug-likeness (QED) is 0.557. The van der Waals surface area contributed by atoms with Crippen molar-refractivity contribution in [2.75, 3.05) is 4.90 Å². The van der Waals surface area contributed by atoms with Gasteiger partial charge < -0.3 is 9.90 Å². The molecule has 1 aliphatic rings. The molecule has 5 rings (SSSR count). The van der Waals surface area contributed by atoms with Gasteiger partial charge in [-0.3, -0.25) is 14.8 Å². The fourth-order valence-corrected chi connectivity index (χ4v) is 3.95. The molecular formula is C24H15FN3O3-. The molecule has 152 valence electrons. The van der Waals surface area contributed by atoms with Gasteiger partial charge in [0.25, 0.3) is 5.91 Å². The van der Waals surface area contributed by atoms with Crippen LogP contribution in [0.2, 0.25) is 0 Å². The van der Waals surface area contributed by atoms with Gasteiger partial charge in [0.05, 0.1) is 17.7 Å². The lowest BCUT2D eigenvalue weighted by Gasteiger charge is -2.26.